The van der Waals surface area contributed by atoms with Crippen molar-refractivity contribution in [1.29, 1.82) is 0 Å². The van der Waals surface area contributed by atoms with Crippen molar-refractivity contribution in [2.24, 2.45) is 5.92 Å². The molecule has 0 aromatic rings. The predicted molar refractivity (Wildman–Crippen MR) is 71.6 cm³/mol. The number of nitrogens with one attached hydrogen (secondary N) is 1. The van der Waals surface area contributed by atoms with E-state index in [1.54, 1.807) is 18.7 Å². The highest BCUT2D eigenvalue weighted by Gasteiger charge is 2.50. The molecule has 1 N–H and O–H groups in total. The van der Waals surface area contributed by atoms with E-state index in [9.17, 15) is 9.59 Å². The van der Waals surface area contributed by atoms with E-state index in [1.165, 1.54) is 0 Å². The number of rotatable bonds is 6. The molecule has 19 heavy (non-hydrogen) atoms. The van der Waals surface area contributed by atoms with Crippen LogP contribution in [0.5, 0.6) is 0 Å². The van der Waals surface area contributed by atoms with Crippen LogP contribution in [-0.2, 0) is 14.3 Å². The summed E-state index contributed by atoms with van der Waals surface area (Å²) < 4.78 is 5.45. The van der Waals surface area contributed by atoms with Gasteiger partial charge in [-0.3, -0.25) is 9.59 Å². The van der Waals surface area contributed by atoms with Gasteiger partial charge in [-0.15, -0.1) is 0 Å². The molecule has 0 bridgehead atoms. The minimum Gasteiger partial charge on any atom is -0.380 e. The lowest BCUT2D eigenvalue weighted by atomic mass is 9.94. The highest BCUT2D eigenvalue weighted by Crippen LogP contribution is 2.36. The Morgan fingerprint density at radius 2 is 2.00 bits per heavy atom. The number of carbonyl (C=O) groups is 2. The zero-order chi connectivity index (χ0) is 14.0. The van der Waals surface area contributed by atoms with Gasteiger partial charge < -0.3 is 15.0 Å². The van der Waals surface area contributed by atoms with Crippen LogP contribution in [0.15, 0.2) is 0 Å². The molecule has 108 valence electrons. The van der Waals surface area contributed by atoms with Gasteiger partial charge in [-0.1, -0.05) is 6.92 Å². The lowest BCUT2D eigenvalue weighted by molar-refractivity contribution is -0.156. The summed E-state index contributed by atoms with van der Waals surface area (Å²) in [5, 5.41) is 2.88. The normalized spacial score (nSPS) is 26.5. The lowest BCUT2D eigenvalue weighted by Crippen LogP contribution is -2.69. The summed E-state index contributed by atoms with van der Waals surface area (Å²) in [5.74, 6) is 0.332. The molecule has 2 aliphatic rings. The molecule has 1 saturated carbocycles. The summed E-state index contributed by atoms with van der Waals surface area (Å²) in [4.78, 5) is 26.3. The maximum Gasteiger partial charge on any atom is 0.246 e. The van der Waals surface area contributed by atoms with Gasteiger partial charge in [0.15, 0.2) is 0 Å². The van der Waals surface area contributed by atoms with Crippen molar-refractivity contribution in [3.05, 3.63) is 0 Å². The first kappa shape index (κ1) is 14.3. The molecule has 1 aliphatic heterocycles. The molecule has 1 heterocycles. The van der Waals surface area contributed by atoms with Gasteiger partial charge in [0.25, 0.3) is 0 Å². The fraction of sp³-hybridized carbons (Fsp3) is 0.857. The van der Waals surface area contributed by atoms with Gasteiger partial charge >= 0.3 is 0 Å². The topological polar surface area (TPSA) is 58.6 Å². The van der Waals surface area contributed by atoms with Crippen molar-refractivity contribution in [2.45, 2.75) is 51.6 Å². The average Bonchev–Trinajstić information content (AvgIpc) is 3.17. The monoisotopic (exact) mass is 268 g/mol. The fourth-order valence-corrected chi connectivity index (χ4v) is 2.49. The van der Waals surface area contributed by atoms with E-state index < -0.39 is 5.54 Å². The molecule has 5 nitrogen and oxygen atoms in total. The van der Waals surface area contributed by atoms with Gasteiger partial charge in [-0.05, 0) is 39.0 Å². The average molecular weight is 268 g/mol. The summed E-state index contributed by atoms with van der Waals surface area (Å²) in [6.45, 7) is 7.32. The number of ether oxygens (including phenoxy) is 1. The van der Waals surface area contributed by atoms with Crippen LogP contribution in [0, 0.1) is 5.92 Å². The van der Waals surface area contributed by atoms with Crippen LogP contribution in [0.1, 0.15) is 40.0 Å². The molecule has 5 heteroatoms. The molecule has 2 fully saturated rings. The standard InChI is InChI=1S/C14H24N2O3/c1-4-8-19-9-7-16-12(17)11(10-5-6-10)15-13(18)14(16,2)3/h10-11H,4-9H2,1-3H3,(H,15,18). The molecule has 1 unspecified atom stereocenters. The van der Waals surface area contributed by atoms with Crippen LogP contribution < -0.4 is 5.32 Å². The molecule has 2 amide bonds. The van der Waals surface area contributed by atoms with Crippen molar-refractivity contribution >= 4 is 11.8 Å². The zero-order valence-corrected chi connectivity index (χ0v) is 12.1. The third kappa shape index (κ3) is 2.91. The Hall–Kier alpha value is -1.10. The van der Waals surface area contributed by atoms with Gasteiger partial charge in [-0.2, -0.15) is 0 Å². The predicted octanol–water partition coefficient (Wildman–Crippen LogP) is 0.929. The Bertz CT molecular complexity index is 364. The van der Waals surface area contributed by atoms with E-state index in [-0.39, 0.29) is 17.9 Å². The Morgan fingerprint density at radius 3 is 2.58 bits per heavy atom. The van der Waals surface area contributed by atoms with Crippen LogP contribution in [0.3, 0.4) is 0 Å². The molecule has 0 aromatic carbocycles. The first-order valence-electron chi connectivity index (χ1n) is 7.18. The van der Waals surface area contributed by atoms with Crippen LogP contribution in [0.4, 0.5) is 0 Å². The third-order valence-electron chi connectivity index (χ3n) is 3.95. The Balaban J connectivity index is 2.01. The van der Waals surface area contributed by atoms with Gasteiger partial charge in [0.05, 0.1) is 6.61 Å². The molecule has 1 saturated heterocycles. The van der Waals surface area contributed by atoms with E-state index in [1.807, 2.05) is 6.92 Å². The molecule has 0 spiro atoms. The summed E-state index contributed by atoms with van der Waals surface area (Å²) in [5.41, 5.74) is -0.780. The summed E-state index contributed by atoms with van der Waals surface area (Å²) in [6.07, 6.45) is 3.04. The van der Waals surface area contributed by atoms with Crippen molar-refractivity contribution in [1.82, 2.24) is 10.2 Å². The quantitative estimate of drug-likeness (QED) is 0.729. The Kier molecular flexibility index (Phi) is 4.13. The fourth-order valence-electron chi connectivity index (χ4n) is 2.49. The molecule has 0 aromatic heterocycles. The molecular weight excluding hydrogens is 244 g/mol. The largest absolute Gasteiger partial charge is 0.380 e. The molecule has 1 atom stereocenters. The molecular formula is C14H24N2O3. The van der Waals surface area contributed by atoms with E-state index in [2.05, 4.69) is 5.32 Å². The van der Waals surface area contributed by atoms with E-state index >= 15 is 0 Å². The minimum absolute atomic E-state index is 0.0483. The zero-order valence-electron chi connectivity index (χ0n) is 12.1. The highest BCUT2D eigenvalue weighted by molar-refractivity contribution is 5.99. The summed E-state index contributed by atoms with van der Waals surface area (Å²) >= 11 is 0. The SMILES string of the molecule is CCCOCCN1C(=O)C(C2CC2)NC(=O)C1(C)C. The first-order chi connectivity index (χ1) is 8.98. The highest BCUT2D eigenvalue weighted by atomic mass is 16.5. The second-order valence-electron chi connectivity index (χ2n) is 5.95. The third-order valence-corrected chi connectivity index (χ3v) is 3.95. The smallest absolute Gasteiger partial charge is 0.246 e. The minimum atomic E-state index is -0.780. The Morgan fingerprint density at radius 1 is 1.32 bits per heavy atom. The van der Waals surface area contributed by atoms with Gasteiger partial charge in [-0.25, -0.2) is 0 Å². The second-order valence-corrected chi connectivity index (χ2v) is 5.95. The van der Waals surface area contributed by atoms with Gasteiger partial charge in [0, 0.05) is 13.2 Å². The number of amides is 2. The van der Waals surface area contributed by atoms with Crippen molar-refractivity contribution in [3.8, 4) is 0 Å². The van der Waals surface area contributed by atoms with Gasteiger partial charge in [0.2, 0.25) is 11.8 Å². The number of hydrogen-bond donors (Lipinski definition) is 1. The van der Waals surface area contributed by atoms with E-state index in [0.717, 1.165) is 19.3 Å². The van der Waals surface area contributed by atoms with Crippen LogP contribution in [-0.4, -0.2) is 48.1 Å². The maximum absolute atomic E-state index is 12.5. The number of piperazine rings is 1. The van der Waals surface area contributed by atoms with E-state index in [0.29, 0.717) is 25.7 Å². The number of hydrogen-bond acceptors (Lipinski definition) is 3. The van der Waals surface area contributed by atoms with E-state index in [4.69, 9.17) is 4.74 Å². The summed E-state index contributed by atoms with van der Waals surface area (Å²) in [6, 6.07) is -0.313. The van der Waals surface area contributed by atoms with Crippen molar-refractivity contribution in [3.63, 3.8) is 0 Å². The van der Waals surface area contributed by atoms with Crippen LogP contribution in [0.2, 0.25) is 0 Å². The molecule has 2 rings (SSSR count). The Labute approximate surface area is 114 Å². The molecule has 0 radical (unpaired) electrons. The van der Waals surface area contributed by atoms with Crippen molar-refractivity contribution in [2.75, 3.05) is 19.8 Å². The van der Waals surface area contributed by atoms with Crippen LogP contribution in [0.25, 0.3) is 0 Å². The maximum atomic E-state index is 12.5. The van der Waals surface area contributed by atoms with Gasteiger partial charge in [0.1, 0.15) is 11.6 Å². The lowest BCUT2D eigenvalue weighted by Gasteiger charge is -2.44. The van der Waals surface area contributed by atoms with Crippen LogP contribution >= 0.6 is 0 Å². The number of carbonyl (C=O) groups excluding carboxylic acids is 2. The molecule has 1 aliphatic carbocycles. The first-order valence-corrected chi connectivity index (χ1v) is 7.18. The second kappa shape index (κ2) is 5.49. The number of nitrogens with zero attached hydrogens (tertiary/aromatic N) is 1. The summed E-state index contributed by atoms with van der Waals surface area (Å²) in [7, 11) is 0. The van der Waals surface area contributed by atoms with Crippen molar-refractivity contribution < 1.29 is 14.3 Å².